The van der Waals surface area contributed by atoms with Gasteiger partial charge in [-0.1, -0.05) is 12.1 Å². The average molecular weight is 502 g/mol. The Morgan fingerprint density at radius 1 is 1.11 bits per heavy atom. The van der Waals surface area contributed by atoms with Gasteiger partial charge in [-0.25, -0.2) is 4.99 Å². The van der Waals surface area contributed by atoms with Crippen LogP contribution in [0.4, 0.5) is 13.2 Å². The van der Waals surface area contributed by atoms with Gasteiger partial charge < -0.3 is 20.7 Å². The number of hydrogen-bond donors (Lipinski definition) is 3. The first-order valence-corrected chi connectivity index (χ1v) is 8.30. The summed E-state index contributed by atoms with van der Waals surface area (Å²) in [4.78, 5) is 15.8. The zero-order valence-corrected chi connectivity index (χ0v) is 17.7. The summed E-state index contributed by atoms with van der Waals surface area (Å²) in [5.74, 6) is 0.253. The lowest BCUT2D eigenvalue weighted by Crippen LogP contribution is -2.39. The molecule has 1 rings (SSSR count). The summed E-state index contributed by atoms with van der Waals surface area (Å²) in [5.41, 5.74) is 0.113. The van der Waals surface area contributed by atoms with Gasteiger partial charge >= 0.3 is 6.18 Å². The number of nitrogens with one attached hydrogen (secondary N) is 3. The highest BCUT2D eigenvalue weighted by atomic mass is 127. The van der Waals surface area contributed by atoms with Crippen LogP contribution in [-0.4, -0.2) is 51.8 Å². The number of rotatable bonds is 9. The number of hydrogen-bond acceptors (Lipinski definition) is 3. The highest BCUT2D eigenvalue weighted by Gasteiger charge is 2.29. The molecule has 0 heterocycles. The van der Waals surface area contributed by atoms with Gasteiger partial charge in [0, 0.05) is 26.7 Å². The molecule has 0 saturated carbocycles. The molecule has 10 heteroatoms. The first kappa shape index (κ1) is 25.4. The van der Waals surface area contributed by atoms with Crippen molar-refractivity contribution in [2.24, 2.45) is 4.99 Å². The predicted molar refractivity (Wildman–Crippen MR) is 109 cm³/mol. The fourth-order valence-corrected chi connectivity index (χ4v) is 2.03. The van der Waals surface area contributed by atoms with Crippen molar-refractivity contribution in [3.05, 3.63) is 35.4 Å². The van der Waals surface area contributed by atoms with Gasteiger partial charge in [0.2, 0.25) is 5.91 Å². The number of nitrogens with zero attached hydrogens (tertiary/aromatic N) is 1. The number of alkyl halides is 3. The fourth-order valence-electron chi connectivity index (χ4n) is 2.03. The van der Waals surface area contributed by atoms with Gasteiger partial charge in [0.25, 0.3) is 0 Å². The Morgan fingerprint density at radius 3 is 2.33 bits per heavy atom. The van der Waals surface area contributed by atoms with Crippen molar-refractivity contribution in [3.8, 4) is 0 Å². The largest absolute Gasteiger partial charge is 0.416 e. The van der Waals surface area contributed by atoms with Gasteiger partial charge in [-0.2, -0.15) is 13.2 Å². The summed E-state index contributed by atoms with van der Waals surface area (Å²) in [6.07, 6.45) is -3.80. The van der Waals surface area contributed by atoms with E-state index in [0.29, 0.717) is 38.6 Å². The molecule has 0 aromatic heterocycles. The first-order valence-electron chi connectivity index (χ1n) is 8.30. The van der Waals surface area contributed by atoms with E-state index >= 15 is 0 Å². The number of halogens is 4. The number of aliphatic imine (C=N–C) groups is 1. The second-order valence-corrected chi connectivity index (χ2v) is 5.41. The van der Waals surface area contributed by atoms with E-state index in [4.69, 9.17) is 4.74 Å². The number of guanidine groups is 1. The standard InChI is InChI=1S/C17H25F3N4O2.HI/c1-3-21-16(24-12-15(25)22-10-11-26-2)23-9-8-13-4-6-14(7-5-13)17(18,19)20;/h4-7H,3,8-12H2,1-2H3,(H,22,25)(H2,21,23,24);1H. The van der Waals surface area contributed by atoms with E-state index in [-0.39, 0.29) is 36.4 Å². The summed E-state index contributed by atoms with van der Waals surface area (Å²) in [7, 11) is 1.55. The molecule has 1 aromatic carbocycles. The molecule has 0 atom stereocenters. The van der Waals surface area contributed by atoms with Crippen molar-refractivity contribution >= 4 is 35.8 Å². The fraction of sp³-hybridized carbons (Fsp3) is 0.529. The Morgan fingerprint density at radius 2 is 1.78 bits per heavy atom. The number of ether oxygens (including phenoxy) is 1. The minimum atomic E-state index is -4.33. The summed E-state index contributed by atoms with van der Waals surface area (Å²) in [6, 6.07) is 5.05. The summed E-state index contributed by atoms with van der Waals surface area (Å²) in [6.45, 7) is 3.81. The molecule has 0 unspecified atom stereocenters. The molecule has 0 spiro atoms. The van der Waals surface area contributed by atoms with Crippen LogP contribution in [0, 0.1) is 0 Å². The molecule has 0 bridgehead atoms. The van der Waals surface area contributed by atoms with Crippen LogP contribution in [0.2, 0.25) is 0 Å². The minimum absolute atomic E-state index is 0. The lowest BCUT2D eigenvalue weighted by Gasteiger charge is -2.12. The third kappa shape index (κ3) is 11.0. The molecule has 154 valence electrons. The second kappa shape index (κ2) is 13.6. The SMILES string of the molecule is CCNC(=NCC(=O)NCCOC)NCCc1ccc(C(F)(F)F)cc1.I. The monoisotopic (exact) mass is 502 g/mol. The zero-order valence-electron chi connectivity index (χ0n) is 15.4. The van der Waals surface area contributed by atoms with Crippen LogP contribution in [0.5, 0.6) is 0 Å². The van der Waals surface area contributed by atoms with Crippen molar-refractivity contribution in [2.75, 3.05) is 39.9 Å². The minimum Gasteiger partial charge on any atom is -0.383 e. The van der Waals surface area contributed by atoms with E-state index < -0.39 is 11.7 Å². The Hall–Kier alpha value is -1.56. The second-order valence-electron chi connectivity index (χ2n) is 5.41. The van der Waals surface area contributed by atoms with Gasteiger partial charge in [0.05, 0.1) is 12.2 Å². The number of carbonyl (C=O) groups excluding carboxylic acids is 1. The highest BCUT2D eigenvalue weighted by Crippen LogP contribution is 2.29. The van der Waals surface area contributed by atoms with Crippen LogP contribution >= 0.6 is 24.0 Å². The predicted octanol–water partition coefficient (Wildman–Crippen LogP) is 2.18. The van der Waals surface area contributed by atoms with Crippen molar-refractivity contribution in [2.45, 2.75) is 19.5 Å². The average Bonchev–Trinajstić information content (AvgIpc) is 2.59. The Bertz CT molecular complexity index is 581. The quantitative estimate of drug-likeness (QED) is 0.210. The van der Waals surface area contributed by atoms with E-state index in [0.717, 1.165) is 17.7 Å². The maximum Gasteiger partial charge on any atom is 0.416 e. The molecule has 3 N–H and O–H groups in total. The van der Waals surface area contributed by atoms with E-state index in [1.54, 1.807) is 7.11 Å². The van der Waals surface area contributed by atoms with Crippen LogP contribution in [0.25, 0.3) is 0 Å². The lowest BCUT2D eigenvalue weighted by molar-refractivity contribution is -0.137. The van der Waals surface area contributed by atoms with Crippen molar-refractivity contribution in [1.82, 2.24) is 16.0 Å². The lowest BCUT2D eigenvalue weighted by atomic mass is 10.1. The molecule has 1 aromatic rings. The molecule has 0 aliphatic rings. The molecule has 1 amide bonds. The number of methoxy groups -OCH3 is 1. The molecule has 6 nitrogen and oxygen atoms in total. The normalized spacial score (nSPS) is 11.5. The smallest absolute Gasteiger partial charge is 0.383 e. The van der Waals surface area contributed by atoms with E-state index in [1.807, 2.05) is 6.92 Å². The summed E-state index contributed by atoms with van der Waals surface area (Å²) in [5, 5.41) is 8.72. The Labute approximate surface area is 174 Å². The van der Waals surface area contributed by atoms with E-state index in [2.05, 4.69) is 20.9 Å². The maximum atomic E-state index is 12.5. The van der Waals surface area contributed by atoms with Gasteiger partial charge in [-0.3, -0.25) is 4.79 Å². The summed E-state index contributed by atoms with van der Waals surface area (Å²) < 4.78 is 42.4. The molecule has 0 fully saturated rings. The number of amides is 1. The molecule has 27 heavy (non-hydrogen) atoms. The van der Waals surface area contributed by atoms with Gasteiger partial charge in [0.1, 0.15) is 6.54 Å². The Kier molecular flexibility index (Phi) is 12.8. The van der Waals surface area contributed by atoms with Crippen LogP contribution < -0.4 is 16.0 Å². The Balaban J connectivity index is 0.00000676. The van der Waals surface area contributed by atoms with Crippen LogP contribution in [0.15, 0.2) is 29.3 Å². The molecule has 0 aliphatic carbocycles. The van der Waals surface area contributed by atoms with Crippen LogP contribution in [0.1, 0.15) is 18.1 Å². The van der Waals surface area contributed by atoms with E-state index in [9.17, 15) is 18.0 Å². The molecular formula is C17H26F3IN4O2. The highest BCUT2D eigenvalue weighted by molar-refractivity contribution is 14.0. The van der Waals surface area contributed by atoms with Crippen molar-refractivity contribution in [3.63, 3.8) is 0 Å². The first-order chi connectivity index (χ1) is 12.4. The molecule has 0 aliphatic heterocycles. The van der Waals surface area contributed by atoms with Gasteiger partial charge in [0.15, 0.2) is 5.96 Å². The van der Waals surface area contributed by atoms with Crippen molar-refractivity contribution in [1.29, 1.82) is 0 Å². The van der Waals surface area contributed by atoms with Crippen LogP contribution in [0.3, 0.4) is 0 Å². The number of carbonyl (C=O) groups is 1. The van der Waals surface area contributed by atoms with Gasteiger partial charge in [-0.15, -0.1) is 24.0 Å². The molecule has 0 saturated heterocycles. The van der Waals surface area contributed by atoms with Gasteiger partial charge in [-0.05, 0) is 31.0 Å². The van der Waals surface area contributed by atoms with Crippen molar-refractivity contribution < 1.29 is 22.7 Å². The molecular weight excluding hydrogens is 476 g/mol. The molecule has 0 radical (unpaired) electrons. The van der Waals surface area contributed by atoms with Crippen LogP contribution in [-0.2, 0) is 22.1 Å². The zero-order chi connectivity index (χ0) is 19.4. The topological polar surface area (TPSA) is 74.8 Å². The summed E-state index contributed by atoms with van der Waals surface area (Å²) >= 11 is 0. The van der Waals surface area contributed by atoms with E-state index in [1.165, 1.54) is 12.1 Å². The third-order valence-electron chi connectivity index (χ3n) is 3.34. The number of benzene rings is 1. The maximum absolute atomic E-state index is 12.5. The third-order valence-corrected chi connectivity index (χ3v) is 3.34.